The van der Waals surface area contributed by atoms with Gasteiger partial charge in [0, 0.05) is 12.6 Å². The van der Waals surface area contributed by atoms with E-state index in [1.54, 1.807) is 14.2 Å². The van der Waals surface area contributed by atoms with E-state index in [-0.39, 0.29) is 0 Å². The van der Waals surface area contributed by atoms with E-state index >= 15 is 0 Å². The molecule has 6 heteroatoms. The highest BCUT2D eigenvalue weighted by Crippen LogP contribution is 2.28. The number of rotatable bonds is 7. The molecule has 0 saturated carbocycles. The molecule has 2 N–H and O–H groups in total. The van der Waals surface area contributed by atoms with E-state index in [1.165, 1.54) is 0 Å². The van der Waals surface area contributed by atoms with Crippen molar-refractivity contribution in [1.29, 1.82) is 0 Å². The van der Waals surface area contributed by atoms with E-state index in [2.05, 4.69) is 29.6 Å². The smallest absolute Gasteiger partial charge is 0.170 e. The van der Waals surface area contributed by atoms with Crippen LogP contribution in [0, 0.1) is 0 Å². The Kier molecular flexibility index (Phi) is 7.11. The molecule has 0 amide bonds. The van der Waals surface area contributed by atoms with Gasteiger partial charge in [-0.15, -0.1) is 0 Å². The van der Waals surface area contributed by atoms with Crippen molar-refractivity contribution in [3.63, 3.8) is 0 Å². The van der Waals surface area contributed by atoms with Crippen LogP contribution in [0.15, 0.2) is 18.2 Å². The van der Waals surface area contributed by atoms with E-state index in [9.17, 15) is 0 Å². The number of methoxy groups -OCH3 is 2. The molecule has 0 bridgehead atoms. The molecule has 1 aromatic rings. The van der Waals surface area contributed by atoms with E-state index in [0.29, 0.717) is 5.11 Å². The van der Waals surface area contributed by atoms with Crippen molar-refractivity contribution < 1.29 is 9.47 Å². The van der Waals surface area contributed by atoms with Crippen LogP contribution in [0.25, 0.3) is 0 Å². The highest BCUT2D eigenvalue weighted by Gasteiger charge is 2.06. The summed E-state index contributed by atoms with van der Waals surface area (Å²) in [6.45, 7) is 1.86. The third kappa shape index (κ3) is 5.63. The average molecular weight is 297 g/mol. The lowest BCUT2D eigenvalue weighted by molar-refractivity contribution is 0.400. The van der Waals surface area contributed by atoms with Crippen LogP contribution in [0.4, 0.5) is 5.69 Å². The maximum atomic E-state index is 5.29. The third-order valence-corrected chi connectivity index (χ3v) is 2.97. The minimum absolute atomic E-state index is 0.579. The van der Waals surface area contributed by atoms with Crippen LogP contribution in [-0.4, -0.2) is 51.4 Å². The predicted molar refractivity (Wildman–Crippen MR) is 86.9 cm³/mol. The summed E-state index contributed by atoms with van der Waals surface area (Å²) in [5, 5.41) is 6.88. The van der Waals surface area contributed by atoms with Crippen LogP contribution >= 0.6 is 12.2 Å². The van der Waals surface area contributed by atoms with Gasteiger partial charge >= 0.3 is 0 Å². The maximum Gasteiger partial charge on any atom is 0.170 e. The molecule has 1 rings (SSSR count). The summed E-state index contributed by atoms with van der Waals surface area (Å²) in [5.41, 5.74) is 0.789. The highest BCUT2D eigenvalue weighted by molar-refractivity contribution is 7.80. The van der Waals surface area contributed by atoms with Crippen molar-refractivity contribution in [3.8, 4) is 11.5 Å². The Morgan fingerprint density at radius 2 is 2.00 bits per heavy atom. The predicted octanol–water partition coefficient (Wildman–Crippen LogP) is 1.94. The van der Waals surface area contributed by atoms with Gasteiger partial charge in [-0.3, -0.25) is 0 Å². The Morgan fingerprint density at radius 3 is 2.60 bits per heavy atom. The fraction of sp³-hybridized carbons (Fsp3) is 0.500. The molecular formula is C14H23N3O2S. The zero-order valence-electron chi connectivity index (χ0n) is 12.5. The van der Waals surface area contributed by atoms with Crippen molar-refractivity contribution in [3.05, 3.63) is 18.2 Å². The monoisotopic (exact) mass is 297 g/mol. The van der Waals surface area contributed by atoms with E-state index in [0.717, 1.165) is 36.7 Å². The number of nitrogens with zero attached hydrogens (tertiary/aromatic N) is 1. The van der Waals surface area contributed by atoms with Gasteiger partial charge in [0.2, 0.25) is 0 Å². The molecule has 0 atom stereocenters. The van der Waals surface area contributed by atoms with Crippen LogP contribution in [0.3, 0.4) is 0 Å². The highest BCUT2D eigenvalue weighted by atomic mass is 32.1. The molecule has 20 heavy (non-hydrogen) atoms. The van der Waals surface area contributed by atoms with Crippen LogP contribution < -0.4 is 20.1 Å². The fourth-order valence-corrected chi connectivity index (χ4v) is 1.89. The standard InChI is InChI=1S/C14H23N3O2S/c1-17(2)9-5-8-15-14(20)16-12-10-11(18-3)6-7-13(12)19-4/h6-7,10H,5,8-9H2,1-4H3,(H2,15,16,20). The quantitative estimate of drug-likeness (QED) is 0.592. The van der Waals surface area contributed by atoms with Gasteiger partial charge in [-0.05, 0) is 51.4 Å². The van der Waals surface area contributed by atoms with Crippen molar-refractivity contribution in [1.82, 2.24) is 10.2 Å². The molecule has 112 valence electrons. The minimum Gasteiger partial charge on any atom is -0.497 e. The second-order valence-electron chi connectivity index (χ2n) is 4.60. The van der Waals surface area contributed by atoms with E-state index in [1.807, 2.05) is 18.2 Å². The Labute approximate surface area is 126 Å². The molecule has 0 aliphatic heterocycles. The van der Waals surface area contributed by atoms with E-state index < -0.39 is 0 Å². The first-order valence-corrected chi connectivity index (χ1v) is 6.89. The zero-order valence-corrected chi connectivity index (χ0v) is 13.3. The van der Waals surface area contributed by atoms with Crippen LogP contribution in [0.5, 0.6) is 11.5 Å². The normalized spacial score (nSPS) is 10.2. The van der Waals surface area contributed by atoms with Crippen LogP contribution in [0.1, 0.15) is 6.42 Å². The number of hydrogen-bond donors (Lipinski definition) is 2. The largest absolute Gasteiger partial charge is 0.497 e. The number of hydrogen-bond acceptors (Lipinski definition) is 4. The van der Waals surface area contributed by atoms with Crippen molar-refractivity contribution in [2.75, 3.05) is 46.7 Å². The first-order valence-electron chi connectivity index (χ1n) is 6.48. The summed E-state index contributed by atoms with van der Waals surface area (Å²) in [7, 11) is 7.36. The maximum absolute atomic E-state index is 5.29. The Bertz CT molecular complexity index is 438. The second kappa shape index (κ2) is 8.60. The van der Waals surface area contributed by atoms with Crippen LogP contribution in [0.2, 0.25) is 0 Å². The number of ether oxygens (including phenoxy) is 2. The molecule has 0 radical (unpaired) electrons. The molecule has 0 spiro atoms. The van der Waals surface area contributed by atoms with Gasteiger partial charge in [-0.2, -0.15) is 0 Å². The topological polar surface area (TPSA) is 45.8 Å². The number of anilines is 1. The molecule has 0 saturated heterocycles. The lowest BCUT2D eigenvalue weighted by atomic mass is 10.2. The average Bonchev–Trinajstić information content (AvgIpc) is 2.43. The Hall–Kier alpha value is -1.53. The lowest BCUT2D eigenvalue weighted by Crippen LogP contribution is -2.31. The van der Waals surface area contributed by atoms with Gasteiger partial charge in [0.05, 0.1) is 19.9 Å². The second-order valence-corrected chi connectivity index (χ2v) is 5.01. The molecule has 0 aliphatic carbocycles. The van der Waals surface area contributed by atoms with Crippen LogP contribution in [-0.2, 0) is 0 Å². The summed E-state index contributed by atoms with van der Waals surface area (Å²) < 4.78 is 10.5. The van der Waals surface area contributed by atoms with Gasteiger partial charge in [-0.1, -0.05) is 0 Å². The van der Waals surface area contributed by atoms with Gasteiger partial charge < -0.3 is 25.0 Å². The Morgan fingerprint density at radius 1 is 1.25 bits per heavy atom. The fourth-order valence-electron chi connectivity index (χ4n) is 1.68. The number of nitrogens with one attached hydrogen (secondary N) is 2. The molecular weight excluding hydrogens is 274 g/mol. The van der Waals surface area contributed by atoms with Crippen molar-refractivity contribution >= 4 is 23.0 Å². The lowest BCUT2D eigenvalue weighted by Gasteiger charge is -2.15. The molecule has 0 aliphatic rings. The zero-order chi connectivity index (χ0) is 15.0. The molecule has 0 fully saturated rings. The van der Waals surface area contributed by atoms with Crippen molar-refractivity contribution in [2.45, 2.75) is 6.42 Å². The molecule has 0 unspecified atom stereocenters. The van der Waals surface area contributed by atoms with Gasteiger partial charge in [0.15, 0.2) is 5.11 Å². The third-order valence-electron chi connectivity index (χ3n) is 2.72. The molecule has 0 heterocycles. The summed E-state index contributed by atoms with van der Waals surface area (Å²) in [4.78, 5) is 2.14. The first-order chi connectivity index (χ1) is 9.56. The van der Waals surface area contributed by atoms with E-state index in [4.69, 9.17) is 21.7 Å². The molecule has 1 aromatic carbocycles. The summed E-state index contributed by atoms with van der Waals surface area (Å²) in [6, 6.07) is 5.54. The summed E-state index contributed by atoms with van der Waals surface area (Å²) in [5.74, 6) is 1.48. The van der Waals surface area contributed by atoms with Gasteiger partial charge in [0.1, 0.15) is 11.5 Å². The van der Waals surface area contributed by atoms with Crippen molar-refractivity contribution in [2.24, 2.45) is 0 Å². The van der Waals surface area contributed by atoms with Gasteiger partial charge in [-0.25, -0.2) is 0 Å². The molecule has 5 nitrogen and oxygen atoms in total. The number of benzene rings is 1. The summed E-state index contributed by atoms with van der Waals surface area (Å²) in [6.07, 6.45) is 1.03. The van der Waals surface area contributed by atoms with Gasteiger partial charge in [0.25, 0.3) is 0 Å². The minimum atomic E-state index is 0.579. The number of thiocarbonyl (C=S) groups is 1. The first kappa shape index (κ1) is 16.5. The summed E-state index contributed by atoms with van der Waals surface area (Å²) >= 11 is 5.27. The Balaban J connectivity index is 2.52. The SMILES string of the molecule is COc1ccc(OC)c(NC(=S)NCCCN(C)C)c1. The molecule has 0 aromatic heterocycles.